The lowest BCUT2D eigenvalue weighted by Crippen LogP contribution is -2.23. The van der Waals surface area contributed by atoms with Crippen LogP contribution in [-0.2, 0) is 15.8 Å². The molecule has 19 heavy (non-hydrogen) atoms. The number of hydrogen-bond acceptors (Lipinski definition) is 3. The number of aliphatic imine (C=N–C) groups is 1. The molecule has 106 valence electrons. The van der Waals surface area contributed by atoms with E-state index < -0.39 is 10.0 Å². The Morgan fingerprint density at radius 3 is 2.63 bits per heavy atom. The summed E-state index contributed by atoms with van der Waals surface area (Å²) in [5, 5.41) is 6.14. The minimum Gasteiger partial charge on any atom is -0.354 e. The molecule has 0 aromatic heterocycles. The molecule has 0 unspecified atom stereocenters. The molecular formula is C10H14Cl2N4O2S. The third kappa shape index (κ3) is 4.87. The van der Waals surface area contributed by atoms with Gasteiger partial charge in [0.2, 0.25) is 10.0 Å². The fraction of sp³-hybridized carbons (Fsp3) is 0.300. The van der Waals surface area contributed by atoms with Gasteiger partial charge in [0.05, 0.1) is 11.4 Å². The summed E-state index contributed by atoms with van der Waals surface area (Å²) in [7, 11) is -3.48. The van der Waals surface area contributed by atoms with E-state index in [1.165, 1.54) is 0 Å². The minimum absolute atomic E-state index is 0. The molecule has 1 saturated heterocycles. The SMILES string of the molecule is Cl.O=S(=O)(Cc1cccc(N=C2NCCN2)c1)NCl. The Hall–Kier alpha value is -1.02. The maximum absolute atomic E-state index is 11.3. The molecule has 3 N–H and O–H groups in total. The molecule has 1 aliphatic rings. The second-order valence-electron chi connectivity index (χ2n) is 3.82. The van der Waals surface area contributed by atoms with Crippen LogP contribution in [0.1, 0.15) is 5.56 Å². The van der Waals surface area contributed by atoms with Crippen LogP contribution < -0.4 is 14.9 Å². The van der Waals surface area contributed by atoms with Crippen LogP contribution >= 0.6 is 24.2 Å². The number of guanidine groups is 1. The molecule has 0 spiro atoms. The number of halogens is 2. The van der Waals surface area contributed by atoms with Crippen LogP contribution in [0, 0.1) is 0 Å². The third-order valence-corrected chi connectivity index (χ3v) is 3.99. The second kappa shape index (κ2) is 6.95. The van der Waals surface area contributed by atoms with Gasteiger partial charge in [0, 0.05) is 13.1 Å². The zero-order valence-corrected chi connectivity index (χ0v) is 12.3. The average molecular weight is 325 g/mol. The summed E-state index contributed by atoms with van der Waals surface area (Å²) in [5.74, 6) is 0.529. The average Bonchev–Trinajstić information content (AvgIpc) is 2.82. The topological polar surface area (TPSA) is 82.6 Å². The predicted octanol–water partition coefficient (Wildman–Crippen LogP) is 0.862. The number of benzene rings is 1. The van der Waals surface area contributed by atoms with Crippen molar-refractivity contribution in [2.75, 3.05) is 13.1 Å². The molecule has 1 aromatic carbocycles. The number of nitrogens with zero attached hydrogens (tertiary/aromatic N) is 1. The monoisotopic (exact) mass is 324 g/mol. The van der Waals surface area contributed by atoms with Gasteiger partial charge in [0.25, 0.3) is 0 Å². The Morgan fingerprint density at radius 1 is 1.32 bits per heavy atom. The quantitative estimate of drug-likeness (QED) is 0.717. The maximum atomic E-state index is 11.3. The summed E-state index contributed by atoms with van der Waals surface area (Å²) < 4.78 is 24.4. The van der Waals surface area contributed by atoms with E-state index in [9.17, 15) is 8.42 Å². The second-order valence-corrected chi connectivity index (χ2v) is 5.96. The van der Waals surface area contributed by atoms with Crippen LogP contribution in [0.3, 0.4) is 0 Å². The van der Waals surface area contributed by atoms with Crippen molar-refractivity contribution in [3.05, 3.63) is 29.8 Å². The first kappa shape index (κ1) is 16.0. The van der Waals surface area contributed by atoms with Gasteiger partial charge in [0.15, 0.2) is 5.96 Å². The Morgan fingerprint density at radius 2 is 2.00 bits per heavy atom. The lowest BCUT2D eigenvalue weighted by atomic mass is 10.2. The Kier molecular flexibility index (Phi) is 5.86. The molecule has 6 nitrogen and oxygen atoms in total. The predicted molar refractivity (Wildman–Crippen MR) is 78.4 cm³/mol. The highest BCUT2D eigenvalue weighted by molar-refractivity contribution is 7.89. The van der Waals surface area contributed by atoms with E-state index in [1.54, 1.807) is 28.5 Å². The zero-order valence-electron chi connectivity index (χ0n) is 9.89. The van der Waals surface area contributed by atoms with Gasteiger partial charge in [-0.15, -0.1) is 16.6 Å². The van der Waals surface area contributed by atoms with Crippen LogP contribution in [0.4, 0.5) is 5.69 Å². The maximum Gasteiger partial charge on any atom is 0.229 e. The van der Waals surface area contributed by atoms with Crippen molar-refractivity contribution in [3.63, 3.8) is 0 Å². The lowest BCUT2D eigenvalue weighted by molar-refractivity contribution is 0.593. The molecular weight excluding hydrogens is 311 g/mol. The molecule has 0 atom stereocenters. The van der Waals surface area contributed by atoms with Crippen LogP contribution in [0.25, 0.3) is 0 Å². The molecule has 0 radical (unpaired) electrons. The smallest absolute Gasteiger partial charge is 0.229 e. The van der Waals surface area contributed by atoms with E-state index in [0.29, 0.717) is 17.2 Å². The van der Waals surface area contributed by atoms with E-state index >= 15 is 0 Å². The molecule has 1 aromatic rings. The van der Waals surface area contributed by atoms with Crippen molar-refractivity contribution in [2.45, 2.75) is 5.75 Å². The van der Waals surface area contributed by atoms with Crippen molar-refractivity contribution < 1.29 is 8.42 Å². The molecule has 0 aliphatic carbocycles. The van der Waals surface area contributed by atoms with Crippen molar-refractivity contribution in [3.8, 4) is 0 Å². The fourth-order valence-corrected chi connectivity index (χ4v) is 2.43. The van der Waals surface area contributed by atoms with E-state index in [4.69, 9.17) is 11.8 Å². The van der Waals surface area contributed by atoms with Crippen molar-refractivity contribution >= 4 is 45.9 Å². The first-order valence-electron chi connectivity index (χ1n) is 5.34. The Bertz CT molecular complexity index is 554. The number of nitrogens with one attached hydrogen (secondary N) is 3. The summed E-state index contributed by atoms with van der Waals surface area (Å²) in [6, 6.07) is 6.98. The van der Waals surface area contributed by atoms with Crippen LogP contribution in [0.2, 0.25) is 0 Å². The molecule has 1 aliphatic heterocycles. The van der Waals surface area contributed by atoms with Crippen molar-refractivity contribution in [1.29, 1.82) is 0 Å². The Balaban J connectivity index is 0.00000180. The van der Waals surface area contributed by atoms with Crippen molar-refractivity contribution in [2.24, 2.45) is 4.99 Å². The number of sulfonamides is 1. The van der Waals surface area contributed by atoms with Crippen molar-refractivity contribution in [1.82, 2.24) is 14.9 Å². The summed E-state index contributed by atoms with van der Waals surface area (Å²) in [6.45, 7) is 1.67. The van der Waals surface area contributed by atoms with E-state index in [2.05, 4.69) is 15.6 Å². The van der Waals surface area contributed by atoms with Gasteiger partial charge in [-0.2, -0.15) is 0 Å². The van der Waals surface area contributed by atoms with Gasteiger partial charge in [-0.1, -0.05) is 12.1 Å². The molecule has 0 bridgehead atoms. The molecule has 9 heteroatoms. The van der Waals surface area contributed by atoms with Gasteiger partial charge < -0.3 is 10.6 Å². The standard InChI is InChI=1S/C10H13ClN4O2S.ClH/c11-15-18(16,17)7-8-2-1-3-9(6-8)14-10-12-4-5-13-10;/h1-3,6,15H,4-5,7H2,(H2,12,13,14);1H. The fourth-order valence-electron chi connectivity index (χ4n) is 1.59. The first-order valence-corrected chi connectivity index (χ1v) is 7.37. The summed E-state index contributed by atoms with van der Waals surface area (Å²) in [5.41, 5.74) is 1.32. The first-order chi connectivity index (χ1) is 8.59. The largest absolute Gasteiger partial charge is 0.354 e. The number of rotatable bonds is 4. The lowest BCUT2D eigenvalue weighted by Gasteiger charge is -2.03. The summed E-state index contributed by atoms with van der Waals surface area (Å²) in [6.07, 6.45) is 0. The van der Waals surface area contributed by atoms with Gasteiger partial charge in [-0.05, 0) is 29.5 Å². The normalized spacial score (nSPS) is 14.3. The highest BCUT2D eigenvalue weighted by atomic mass is 35.5. The molecule has 1 fully saturated rings. The highest BCUT2D eigenvalue weighted by Crippen LogP contribution is 2.16. The molecule has 0 saturated carbocycles. The van der Waals surface area contributed by atoms with Gasteiger partial charge in [0.1, 0.15) is 0 Å². The van der Waals surface area contributed by atoms with Gasteiger partial charge >= 0.3 is 0 Å². The van der Waals surface area contributed by atoms with Crippen LogP contribution in [-0.4, -0.2) is 27.5 Å². The van der Waals surface area contributed by atoms with E-state index in [-0.39, 0.29) is 18.2 Å². The third-order valence-electron chi connectivity index (χ3n) is 2.34. The Labute approximate surface area is 123 Å². The molecule has 1 heterocycles. The van der Waals surface area contributed by atoms with Crippen LogP contribution in [0.15, 0.2) is 29.3 Å². The van der Waals surface area contributed by atoms with Gasteiger partial charge in [-0.25, -0.2) is 13.4 Å². The number of hydrogen-bond donors (Lipinski definition) is 3. The van der Waals surface area contributed by atoms with E-state index in [1.807, 2.05) is 0 Å². The minimum atomic E-state index is -3.48. The molecule has 0 amide bonds. The van der Waals surface area contributed by atoms with Crippen LogP contribution in [0.5, 0.6) is 0 Å². The summed E-state index contributed by atoms with van der Waals surface area (Å²) in [4.78, 5) is 4.32. The van der Waals surface area contributed by atoms with Gasteiger partial charge in [-0.3, -0.25) is 0 Å². The molecule has 2 rings (SSSR count). The summed E-state index contributed by atoms with van der Waals surface area (Å²) >= 11 is 5.13. The van der Waals surface area contributed by atoms with E-state index in [0.717, 1.165) is 13.1 Å². The highest BCUT2D eigenvalue weighted by Gasteiger charge is 2.10. The zero-order chi connectivity index (χ0) is 13.0.